The van der Waals surface area contributed by atoms with E-state index in [2.05, 4.69) is 22.7 Å². The largest absolute Gasteiger partial charge is 0.459 e. The molecule has 100 valence electrons. The Morgan fingerprint density at radius 2 is 2.33 bits per heavy atom. The highest BCUT2D eigenvalue weighted by Gasteiger charge is 2.13. The van der Waals surface area contributed by atoms with Gasteiger partial charge in [0.2, 0.25) is 10.0 Å². The van der Waals surface area contributed by atoms with Gasteiger partial charge in [0.05, 0.1) is 19.0 Å². The molecule has 1 aromatic heterocycles. The van der Waals surface area contributed by atoms with E-state index in [1.165, 1.54) is 17.6 Å². The Labute approximate surface area is 111 Å². The van der Waals surface area contributed by atoms with Gasteiger partial charge in [0.1, 0.15) is 11.5 Å². The summed E-state index contributed by atoms with van der Waals surface area (Å²) >= 11 is 4.56. The van der Waals surface area contributed by atoms with Crippen molar-refractivity contribution in [2.45, 2.75) is 6.54 Å². The van der Waals surface area contributed by atoms with E-state index in [4.69, 9.17) is 10.2 Å². The van der Waals surface area contributed by atoms with Crippen molar-refractivity contribution < 1.29 is 12.8 Å². The highest BCUT2D eigenvalue weighted by Crippen LogP contribution is 2.09. The van der Waals surface area contributed by atoms with Crippen LogP contribution in [-0.4, -0.2) is 37.4 Å². The molecular formula is C9H14N4O3S2. The Kier molecular flexibility index (Phi) is 4.82. The Morgan fingerprint density at radius 1 is 1.67 bits per heavy atom. The van der Waals surface area contributed by atoms with Gasteiger partial charge in [-0.1, -0.05) is 0 Å². The topological polar surface area (TPSA) is 101 Å². The van der Waals surface area contributed by atoms with Crippen molar-refractivity contribution in [3.05, 3.63) is 23.7 Å². The minimum atomic E-state index is -3.23. The molecule has 0 aliphatic rings. The van der Waals surface area contributed by atoms with Gasteiger partial charge >= 0.3 is 0 Å². The van der Waals surface area contributed by atoms with Crippen LogP contribution in [0, 0.1) is 0 Å². The van der Waals surface area contributed by atoms with Crippen LogP contribution in [0.3, 0.4) is 0 Å². The fourth-order valence-electron chi connectivity index (χ4n) is 1.05. The lowest BCUT2D eigenvalue weighted by Crippen LogP contribution is -2.24. The van der Waals surface area contributed by atoms with Gasteiger partial charge in [0.25, 0.3) is 0 Å². The van der Waals surface area contributed by atoms with Crippen molar-refractivity contribution in [3.63, 3.8) is 0 Å². The van der Waals surface area contributed by atoms with Crippen LogP contribution in [0.15, 0.2) is 21.7 Å². The van der Waals surface area contributed by atoms with Crippen LogP contribution in [0.2, 0.25) is 0 Å². The molecule has 1 rings (SSSR count). The van der Waals surface area contributed by atoms with Gasteiger partial charge in [-0.3, -0.25) is 5.43 Å². The maximum absolute atomic E-state index is 11.2. The molecule has 0 fully saturated rings. The molecule has 0 unspecified atom stereocenters. The molecule has 9 heteroatoms. The van der Waals surface area contributed by atoms with E-state index in [9.17, 15) is 8.42 Å². The van der Waals surface area contributed by atoms with Crippen LogP contribution in [0.25, 0.3) is 0 Å². The molecule has 0 aliphatic heterocycles. The van der Waals surface area contributed by atoms with Gasteiger partial charge in [-0.2, -0.15) is 9.41 Å². The molecule has 1 aromatic rings. The number of nitrogens with two attached hydrogens (primary N) is 1. The third kappa shape index (κ3) is 4.82. The second-order valence-electron chi connectivity index (χ2n) is 3.56. The summed E-state index contributed by atoms with van der Waals surface area (Å²) in [6.45, 7) is 0.162. The quantitative estimate of drug-likeness (QED) is 0.444. The van der Waals surface area contributed by atoms with Gasteiger partial charge in [-0.15, -0.1) is 0 Å². The number of sulfonamides is 1. The van der Waals surface area contributed by atoms with Crippen LogP contribution < -0.4 is 11.2 Å². The van der Waals surface area contributed by atoms with Gasteiger partial charge in [-0.05, 0) is 24.4 Å². The normalized spacial score (nSPS) is 12.2. The van der Waals surface area contributed by atoms with E-state index in [0.717, 1.165) is 6.26 Å². The SMILES string of the molecule is CN(Cc1ccc(/C=N/NC(N)=S)o1)S(C)(=O)=O. The molecule has 0 radical (unpaired) electrons. The number of hydrazone groups is 1. The fraction of sp³-hybridized carbons (Fsp3) is 0.333. The standard InChI is InChI=1S/C9H14N4O3S2/c1-13(18(2,14)15)6-8-4-3-7(16-8)5-11-12-9(10)17/h3-5H,6H2,1-2H3,(H3,10,12,17)/b11-5+. The molecule has 3 N–H and O–H groups in total. The fourth-order valence-corrected chi connectivity index (χ4v) is 1.46. The summed E-state index contributed by atoms with van der Waals surface area (Å²) < 4.78 is 29.0. The molecule has 18 heavy (non-hydrogen) atoms. The second-order valence-corrected chi connectivity index (χ2v) is 6.09. The maximum atomic E-state index is 11.2. The summed E-state index contributed by atoms with van der Waals surface area (Å²) in [6, 6.07) is 3.33. The summed E-state index contributed by atoms with van der Waals surface area (Å²) in [5.74, 6) is 0.982. The lowest BCUT2D eigenvalue weighted by atomic mass is 10.4. The average molecular weight is 290 g/mol. The zero-order valence-corrected chi connectivity index (χ0v) is 11.6. The van der Waals surface area contributed by atoms with Crippen molar-refractivity contribution in [1.29, 1.82) is 0 Å². The predicted octanol–water partition coefficient (Wildman–Crippen LogP) is -0.162. The summed E-state index contributed by atoms with van der Waals surface area (Å²) in [5.41, 5.74) is 7.56. The van der Waals surface area contributed by atoms with E-state index < -0.39 is 10.0 Å². The number of nitrogens with zero attached hydrogens (tertiary/aromatic N) is 2. The van der Waals surface area contributed by atoms with Gasteiger partial charge in [0.15, 0.2) is 5.11 Å². The molecule has 0 aliphatic carbocycles. The number of hydrogen-bond donors (Lipinski definition) is 2. The molecule has 0 bridgehead atoms. The third-order valence-electron chi connectivity index (χ3n) is 1.99. The monoisotopic (exact) mass is 290 g/mol. The van der Waals surface area contributed by atoms with Crippen LogP contribution in [0.5, 0.6) is 0 Å². The number of nitrogens with one attached hydrogen (secondary N) is 1. The molecule has 0 atom stereocenters. The van der Waals surface area contributed by atoms with E-state index in [0.29, 0.717) is 11.5 Å². The lowest BCUT2D eigenvalue weighted by molar-refractivity contribution is 0.407. The summed E-state index contributed by atoms with van der Waals surface area (Å²) in [5, 5.41) is 3.77. The molecule has 7 nitrogen and oxygen atoms in total. The average Bonchev–Trinajstić information content (AvgIpc) is 2.63. The number of thiocarbonyl (C=S) groups is 1. The first-order valence-electron chi connectivity index (χ1n) is 4.87. The second kappa shape index (κ2) is 5.94. The van der Waals surface area contributed by atoms with E-state index in [1.54, 1.807) is 12.1 Å². The van der Waals surface area contributed by atoms with E-state index in [1.807, 2.05) is 0 Å². The Balaban J connectivity index is 2.64. The first-order chi connectivity index (χ1) is 8.29. The molecule has 0 saturated carbocycles. The molecule has 0 saturated heterocycles. The summed E-state index contributed by atoms with van der Waals surface area (Å²) in [6.07, 6.45) is 2.52. The highest BCUT2D eigenvalue weighted by atomic mass is 32.2. The van der Waals surface area contributed by atoms with Crippen molar-refractivity contribution in [2.75, 3.05) is 13.3 Å². The molecule has 0 aromatic carbocycles. The van der Waals surface area contributed by atoms with Crippen LogP contribution in [-0.2, 0) is 16.6 Å². The van der Waals surface area contributed by atoms with Crippen molar-refractivity contribution in [2.24, 2.45) is 10.8 Å². The molecule has 0 spiro atoms. The minimum absolute atomic E-state index is 0.0508. The Bertz CT molecular complexity index is 550. The Hall–Kier alpha value is -1.45. The summed E-state index contributed by atoms with van der Waals surface area (Å²) in [7, 11) is -1.75. The molecular weight excluding hydrogens is 276 g/mol. The minimum Gasteiger partial charge on any atom is -0.459 e. The molecule has 1 heterocycles. The summed E-state index contributed by atoms with van der Waals surface area (Å²) in [4.78, 5) is 0. The number of rotatable bonds is 5. The van der Waals surface area contributed by atoms with E-state index in [-0.39, 0.29) is 11.7 Å². The van der Waals surface area contributed by atoms with Crippen molar-refractivity contribution >= 4 is 33.6 Å². The first kappa shape index (κ1) is 14.6. The van der Waals surface area contributed by atoms with Crippen molar-refractivity contribution in [3.8, 4) is 0 Å². The smallest absolute Gasteiger partial charge is 0.211 e. The Morgan fingerprint density at radius 3 is 2.89 bits per heavy atom. The van der Waals surface area contributed by atoms with Crippen LogP contribution in [0.4, 0.5) is 0 Å². The van der Waals surface area contributed by atoms with Gasteiger partial charge in [0, 0.05) is 7.05 Å². The highest BCUT2D eigenvalue weighted by molar-refractivity contribution is 7.88. The third-order valence-corrected chi connectivity index (χ3v) is 3.35. The zero-order valence-electron chi connectivity index (χ0n) is 9.95. The molecule has 0 amide bonds. The number of hydrogen-bond acceptors (Lipinski definition) is 5. The maximum Gasteiger partial charge on any atom is 0.211 e. The van der Waals surface area contributed by atoms with Crippen LogP contribution in [0.1, 0.15) is 11.5 Å². The van der Waals surface area contributed by atoms with Gasteiger partial charge in [-0.25, -0.2) is 8.42 Å². The predicted molar refractivity (Wildman–Crippen MR) is 72.5 cm³/mol. The lowest BCUT2D eigenvalue weighted by Gasteiger charge is -2.11. The first-order valence-corrected chi connectivity index (χ1v) is 7.13. The van der Waals surface area contributed by atoms with Crippen molar-refractivity contribution in [1.82, 2.24) is 9.73 Å². The zero-order chi connectivity index (χ0) is 13.8. The van der Waals surface area contributed by atoms with E-state index >= 15 is 0 Å². The number of furan rings is 1. The van der Waals surface area contributed by atoms with Crippen LogP contribution >= 0.6 is 12.2 Å². The van der Waals surface area contributed by atoms with Gasteiger partial charge < -0.3 is 10.2 Å².